The Labute approximate surface area is 90.6 Å². The monoisotopic (exact) mass is 207 g/mol. The van der Waals surface area contributed by atoms with Crippen LogP contribution >= 0.6 is 0 Å². The van der Waals surface area contributed by atoms with Gasteiger partial charge in [0.2, 0.25) is 6.08 Å². The highest BCUT2D eigenvalue weighted by Crippen LogP contribution is 2.25. The fourth-order valence-corrected chi connectivity index (χ4v) is 1.96. The highest BCUT2D eigenvalue weighted by molar-refractivity contribution is 5.37. The minimum atomic E-state index is -0.796. The lowest BCUT2D eigenvalue weighted by molar-refractivity contribution is 0.172. The van der Waals surface area contributed by atoms with Gasteiger partial charge in [0.15, 0.2) is 5.54 Å². The molecule has 4 heteroatoms. The van der Waals surface area contributed by atoms with E-state index in [1.54, 1.807) is 0 Å². The molecule has 0 atom stereocenters. The molecule has 0 bridgehead atoms. The number of carbonyl (C=O) groups excluding carboxylic acids is 1. The number of piperidine rings is 1. The summed E-state index contributed by atoms with van der Waals surface area (Å²) in [6, 6.07) is 2.14. The van der Waals surface area contributed by atoms with Crippen LogP contribution in [0.4, 0.5) is 0 Å². The van der Waals surface area contributed by atoms with Crippen molar-refractivity contribution in [3.8, 4) is 6.07 Å². The van der Waals surface area contributed by atoms with Crippen LogP contribution in [0.2, 0.25) is 0 Å². The van der Waals surface area contributed by atoms with Gasteiger partial charge in [-0.1, -0.05) is 13.8 Å². The Hall–Kier alpha value is -1.17. The number of nitriles is 1. The Morgan fingerprint density at radius 3 is 2.47 bits per heavy atom. The van der Waals surface area contributed by atoms with Gasteiger partial charge in [-0.25, -0.2) is 4.79 Å². The molecule has 0 N–H and O–H groups in total. The van der Waals surface area contributed by atoms with Crippen LogP contribution in [0.25, 0.3) is 0 Å². The molecule has 4 nitrogen and oxygen atoms in total. The number of rotatable bonds is 3. The van der Waals surface area contributed by atoms with Gasteiger partial charge in [0.25, 0.3) is 0 Å². The first-order chi connectivity index (χ1) is 7.12. The van der Waals surface area contributed by atoms with E-state index in [1.807, 2.05) is 0 Å². The SMILES string of the molecule is CC(C)CN1CCC(C#N)(N=C=O)CC1. The van der Waals surface area contributed by atoms with Crippen molar-refractivity contribution in [1.82, 2.24) is 4.90 Å². The molecule has 15 heavy (non-hydrogen) atoms. The number of nitrogens with zero attached hydrogens (tertiary/aromatic N) is 3. The van der Waals surface area contributed by atoms with Crippen LogP contribution < -0.4 is 0 Å². The second kappa shape index (κ2) is 5.06. The summed E-state index contributed by atoms with van der Waals surface area (Å²) in [5, 5.41) is 9.00. The summed E-state index contributed by atoms with van der Waals surface area (Å²) in [7, 11) is 0. The molecule has 0 aromatic heterocycles. The number of aliphatic imine (C=N–C) groups is 1. The molecular formula is C11H17N3O. The molecule has 0 radical (unpaired) electrons. The summed E-state index contributed by atoms with van der Waals surface area (Å²) < 4.78 is 0. The van der Waals surface area contributed by atoms with E-state index in [0.29, 0.717) is 18.8 Å². The first-order valence-corrected chi connectivity index (χ1v) is 5.34. The molecule has 0 spiro atoms. The lowest BCUT2D eigenvalue weighted by atomic mass is 9.89. The molecule has 1 rings (SSSR count). The Kier molecular flexibility index (Phi) is 4.02. The Morgan fingerprint density at radius 1 is 1.47 bits per heavy atom. The molecule has 1 saturated heterocycles. The summed E-state index contributed by atoms with van der Waals surface area (Å²) in [5.41, 5.74) is -0.796. The zero-order valence-corrected chi connectivity index (χ0v) is 9.36. The van der Waals surface area contributed by atoms with E-state index in [1.165, 1.54) is 6.08 Å². The van der Waals surface area contributed by atoms with Crippen molar-refractivity contribution < 1.29 is 4.79 Å². The molecule has 0 saturated carbocycles. The van der Waals surface area contributed by atoms with Crippen molar-refractivity contribution in [3.05, 3.63) is 0 Å². The Bertz CT molecular complexity index is 291. The predicted octanol–water partition coefficient (Wildman–Crippen LogP) is 1.34. The third kappa shape index (κ3) is 3.16. The first-order valence-electron chi connectivity index (χ1n) is 5.34. The summed E-state index contributed by atoms with van der Waals surface area (Å²) in [6.45, 7) is 7.09. The van der Waals surface area contributed by atoms with Crippen LogP contribution in [0, 0.1) is 17.2 Å². The molecule has 0 aliphatic carbocycles. The smallest absolute Gasteiger partial charge is 0.236 e. The summed E-state index contributed by atoms with van der Waals surface area (Å²) in [4.78, 5) is 16.2. The van der Waals surface area contributed by atoms with Crippen molar-refractivity contribution in [2.45, 2.75) is 32.2 Å². The molecule has 1 aliphatic heterocycles. The van der Waals surface area contributed by atoms with E-state index >= 15 is 0 Å². The van der Waals surface area contributed by atoms with Gasteiger partial charge < -0.3 is 4.90 Å². The van der Waals surface area contributed by atoms with E-state index in [4.69, 9.17) is 5.26 Å². The average Bonchev–Trinajstić information content (AvgIpc) is 2.21. The van der Waals surface area contributed by atoms with Crippen LogP contribution in [-0.2, 0) is 4.79 Å². The van der Waals surface area contributed by atoms with E-state index < -0.39 is 5.54 Å². The van der Waals surface area contributed by atoms with Gasteiger partial charge in [0.1, 0.15) is 0 Å². The van der Waals surface area contributed by atoms with Crippen molar-refractivity contribution >= 4 is 6.08 Å². The van der Waals surface area contributed by atoms with Crippen LogP contribution in [0.5, 0.6) is 0 Å². The van der Waals surface area contributed by atoms with Crippen LogP contribution in [0.3, 0.4) is 0 Å². The average molecular weight is 207 g/mol. The highest BCUT2D eigenvalue weighted by atomic mass is 16.1. The predicted molar refractivity (Wildman–Crippen MR) is 57.0 cm³/mol. The van der Waals surface area contributed by atoms with E-state index in [2.05, 4.69) is 29.8 Å². The van der Waals surface area contributed by atoms with Gasteiger partial charge in [-0.05, 0) is 18.8 Å². The zero-order chi connectivity index (χ0) is 11.3. The molecule has 1 heterocycles. The quantitative estimate of drug-likeness (QED) is 0.518. The molecule has 82 valence electrons. The fourth-order valence-electron chi connectivity index (χ4n) is 1.96. The lowest BCUT2D eigenvalue weighted by Crippen LogP contribution is -2.43. The standard InChI is InChI=1S/C11H17N3O/c1-10(2)7-14-5-3-11(8-12,4-6-14)13-9-15/h10H,3-7H2,1-2H3. The first kappa shape index (κ1) is 11.9. The maximum atomic E-state index is 10.2. The largest absolute Gasteiger partial charge is 0.303 e. The van der Waals surface area contributed by atoms with Gasteiger partial charge in [0.05, 0.1) is 6.07 Å². The molecule has 0 amide bonds. The van der Waals surface area contributed by atoms with E-state index in [0.717, 1.165) is 19.6 Å². The van der Waals surface area contributed by atoms with Gasteiger partial charge in [-0.15, -0.1) is 0 Å². The minimum Gasteiger partial charge on any atom is -0.303 e. The van der Waals surface area contributed by atoms with Crippen molar-refractivity contribution in [1.29, 1.82) is 5.26 Å². The van der Waals surface area contributed by atoms with Crippen molar-refractivity contribution in [2.24, 2.45) is 10.9 Å². The molecular weight excluding hydrogens is 190 g/mol. The van der Waals surface area contributed by atoms with Gasteiger partial charge in [-0.2, -0.15) is 10.3 Å². The number of hydrogen-bond donors (Lipinski definition) is 0. The third-order valence-corrected chi connectivity index (χ3v) is 2.77. The second-order valence-electron chi connectivity index (χ2n) is 4.54. The maximum absolute atomic E-state index is 10.2. The highest BCUT2D eigenvalue weighted by Gasteiger charge is 2.34. The summed E-state index contributed by atoms with van der Waals surface area (Å²) in [5.74, 6) is 0.633. The second-order valence-corrected chi connectivity index (χ2v) is 4.54. The van der Waals surface area contributed by atoms with Gasteiger partial charge in [0, 0.05) is 19.6 Å². The summed E-state index contributed by atoms with van der Waals surface area (Å²) in [6.07, 6.45) is 2.81. The topological polar surface area (TPSA) is 56.5 Å². The number of isocyanates is 1. The van der Waals surface area contributed by atoms with Gasteiger partial charge >= 0.3 is 0 Å². The molecule has 1 aliphatic rings. The number of likely N-dealkylation sites (tertiary alicyclic amines) is 1. The normalized spacial score (nSPS) is 20.7. The Morgan fingerprint density at radius 2 is 2.07 bits per heavy atom. The molecule has 0 aromatic carbocycles. The van der Waals surface area contributed by atoms with Crippen LogP contribution in [0.15, 0.2) is 4.99 Å². The third-order valence-electron chi connectivity index (χ3n) is 2.77. The maximum Gasteiger partial charge on any atom is 0.236 e. The van der Waals surface area contributed by atoms with Gasteiger partial charge in [-0.3, -0.25) is 0 Å². The van der Waals surface area contributed by atoms with Crippen LogP contribution in [0.1, 0.15) is 26.7 Å². The lowest BCUT2D eigenvalue weighted by Gasteiger charge is -2.34. The number of hydrogen-bond acceptors (Lipinski definition) is 4. The summed E-state index contributed by atoms with van der Waals surface area (Å²) >= 11 is 0. The molecule has 0 unspecified atom stereocenters. The molecule has 0 aromatic rings. The molecule has 1 fully saturated rings. The fraction of sp³-hybridized carbons (Fsp3) is 0.818. The van der Waals surface area contributed by atoms with Crippen LogP contribution in [-0.4, -0.2) is 36.2 Å². The van der Waals surface area contributed by atoms with E-state index in [-0.39, 0.29) is 0 Å². The minimum absolute atomic E-state index is 0.633. The van der Waals surface area contributed by atoms with Crippen molar-refractivity contribution in [3.63, 3.8) is 0 Å². The zero-order valence-electron chi connectivity index (χ0n) is 9.36. The Balaban J connectivity index is 2.54. The van der Waals surface area contributed by atoms with Crippen molar-refractivity contribution in [2.75, 3.05) is 19.6 Å². The van der Waals surface area contributed by atoms with E-state index in [9.17, 15) is 4.79 Å².